The summed E-state index contributed by atoms with van der Waals surface area (Å²) in [5.41, 5.74) is 2.01. The molecule has 5 rings (SSSR count). The standard InChI is InChI=1S/C24H29NO6S/c1-15-18-11-16-5-9-24(7-3-2-4-8-24)31-20(16)13-21(18)30-23(27)19(15)12-22(26)25-17-6-10-32(28,29)14-17/h11,13,17H,2-10,12,14H2,1H3,(H,25,26)/t17-/m1/s1. The molecule has 1 saturated heterocycles. The van der Waals surface area contributed by atoms with Gasteiger partial charge in [0.25, 0.3) is 0 Å². The van der Waals surface area contributed by atoms with Crippen LogP contribution in [0.3, 0.4) is 0 Å². The number of ether oxygens (including phenoxy) is 1. The Hall–Kier alpha value is -2.35. The summed E-state index contributed by atoms with van der Waals surface area (Å²) in [5.74, 6) is 0.491. The Balaban J connectivity index is 1.40. The second-order valence-electron chi connectivity index (χ2n) is 9.64. The maximum Gasteiger partial charge on any atom is 0.340 e. The summed E-state index contributed by atoms with van der Waals surface area (Å²) in [5, 5.41) is 3.57. The molecular weight excluding hydrogens is 430 g/mol. The first-order valence-electron chi connectivity index (χ1n) is 11.5. The van der Waals surface area contributed by atoms with Crippen molar-refractivity contribution in [2.75, 3.05) is 11.5 Å². The maximum atomic E-state index is 12.7. The van der Waals surface area contributed by atoms with E-state index in [1.807, 2.05) is 19.1 Å². The molecule has 1 N–H and O–H groups in total. The first-order valence-corrected chi connectivity index (χ1v) is 13.3. The fraction of sp³-hybridized carbons (Fsp3) is 0.583. The highest BCUT2D eigenvalue weighted by molar-refractivity contribution is 7.91. The number of carbonyl (C=O) groups excluding carboxylic acids is 1. The Morgan fingerprint density at radius 3 is 2.69 bits per heavy atom. The number of hydrogen-bond donors (Lipinski definition) is 1. The van der Waals surface area contributed by atoms with Gasteiger partial charge in [0.15, 0.2) is 9.84 Å². The third-order valence-corrected chi connectivity index (χ3v) is 9.11. The summed E-state index contributed by atoms with van der Waals surface area (Å²) in [4.78, 5) is 25.2. The van der Waals surface area contributed by atoms with Crippen molar-refractivity contribution in [1.82, 2.24) is 5.32 Å². The third kappa shape index (κ3) is 4.05. The van der Waals surface area contributed by atoms with Crippen molar-refractivity contribution in [3.63, 3.8) is 0 Å². The molecule has 2 aromatic rings. The largest absolute Gasteiger partial charge is 0.487 e. The van der Waals surface area contributed by atoms with Crippen LogP contribution in [0.25, 0.3) is 11.0 Å². The van der Waals surface area contributed by atoms with Crippen molar-refractivity contribution in [2.45, 2.75) is 76.4 Å². The van der Waals surface area contributed by atoms with Gasteiger partial charge in [-0.05, 0) is 69.1 Å². The zero-order chi connectivity index (χ0) is 22.5. The monoisotopic (exact) mass is 459 g/mol. The van der Waals surface area contributed by atoms with Crippen LogP contribution in [-0.4, -0.2) is 37.5 Å². The molecule has 3 heterocycles. The van der Waals surface area contributed by atoms with E-state index in [9.17, 15) is 18.0 Å². The van der Waals surface area contributed by atoms with E-state index < -0.39 is 21.5 Å². The van der Waals surface area contributed by atoms with E-state index in [2.05, 4.69) is 5.32 Å². The van der Waals surface area contributed by atoms with E-state index in [-0.39, 0.29) is 29.4 Å². The van der Waals surface area contributed by atoms with Gasteiger partial charge in [0.2, 0.25) is 5.91 Å². The lowest BCUT2D eigenvalue weighted by molar-refractivity contribution is -0.121. The molecule has 0 bridgehead atoms. The van der Waals surface area contributed by atoms with Gasteiger partial charge in [-0.15, -0.1) is 0 Å². The minimum atomic E-state index is -3.09. The molecule has 172 valence electrons. The minimum absolute atomic E-state index is 0.0440. The van der Waals surface area contributed by atoms with Crippen molar-refractivity contribution >= 4 is 26.7 Å². The van der Waals surface area contributed by atoms with Crippen LogP contribution in [0.1, 0.15) is 61.6 Å². The molecule has 3 aliphatic rings. The summed E-state index contributed by atoms with van der Waals surface area (Å²) in [7, 11) is -3.09. The van der Waals surface area contributed by atoms with Crippen LogP contribution < -0.4 is 15.7 Å². The summed E-state index contributed by atoms with van der Waals surface area (Å²) < 4.78 is 35.3. The Bertz CT molecular complexity index is 1240. The number of nitrogens with one attached hydrogen (secondary N) is 1. The molecule has 0 unspecified atom stereocenters. The molecule has 1 aromatic carbocycles. The zero-order valence-electron chi connectivity index (χ0n) is 18.4. The SMILES string of the molecule is Cc1c(CC(=O)N[C@@H]2CCS(=O)(=O)C2)c(=O)oc2cc3c(cc12)CCC1(CCCCC1)O3. The van der Waals surface area contributed by atoms with Crippen molar-refractivity contribution < 1.29 is 22.4 Å². The molecule has 0 radical (unpaired) electrons. The van der Waals surface area contributed by atoms with E-state index in [1.165, 1.54) is 19.3 Å². The third-order valence-electron chi connectivity index (χ3n) is 7.34. The van der Waals surface area contributed by atoms with Gasteiger partial charge in [-0.1, -0.05) is 6.42 Å². The number of hydrogen-bond acceptors (Lipinski definition) is 6. The summed E-state index contributed by atoms with van der Waals surface area (Å²) in [6.45, 7) is 1.83. The molecule has 7 nitrogen and oxygen atoms in total. The van der Waals surface area contributed by atoms with E-state index in [1.54, 1.807) is 0 Å². The highest BCUT2D eigenvalue weighted by Crippen LogP contribution is 2.43. The highest BCUT2D eigenvalue weighted by Gasteiger charge is 2.38. The number of rotatable bonds is 3. The van der Waals surface area contributed by atoms with Gasteiger partial charge >= 0.3 is 5.63 Å². The Morgan fingerprint density at radius 1 is 1.19 bits per heavy atom. The first kappa shape index (κ1) is 21.5. The fourth-order valence-corrected chi connectivity index (χ4v) is 7.17. The smallest absolute Gasteiger partial charge is 0.340 e. The summed E-state index contributed by atoms with van der Waals surface area (Å²) in [6.07, 6.45) is 8.00. The number of sulfone groups is 1. The van der Waals surface area contributed by atoms with Gasteiger partial charge in [0.05, 0.1) is 23.5 Å². The van der Waals surface area contributed by atoms with Gasteiger partial charge in [-0.2, -0.15) is 0 Å². The lowest BCUT2D eigenvalue weighted by Crippen LogP contribution is -2.41. The van der Waals surface area contributed by atoms with Crippen molar-refractivity contribution in [1.29, 1.82) is 0 Å². The second kappa shape index (κ2) is 7.90. The molecule has 1 aliphatic carbocycles. The predicted octanol–water partition coefficient (Wildman–Crippen LogP) is 2.98. The number of amides is 1. The quantitative estimate of drug-likeness (QED) is 0.708. The molecule has 1 aromatic heterocycles. The van der Waals surface area contributed by atoms with Crippen LogP contribution >= 0.6 is 0 Å². The molecule has 8 heteroatoms. The summed E-state index contributed by atoms with van der Waals surface area (Å²) in [6, 6.07) is 3.47. The number of carbonyl (C=O) groups is 1. The molecular formula is C24H29NO6S. The van der Waals surface area contributed by atoms with Crippen LogP contribution in [0, 0.1) is 6.92 Å². The van der Waals surface area contributed by atoms with E-state index in [4.69, 9.17) is 9.15 Å². The minimum Gasteiger partial charge on any atom is -0.487 e. The summed E-state index contributed by atoms with van der Waals surface area (Å²) >= 11 is 0. The average Bonchev–Trinajstić information content (AvgIpc) is 3.08. The molecule has 1 atom stereocenters. The molecule has 1 amide bonds. The van der Waals surface area contributed by atoms with Gasteiger partial charge in [-0.25, -0.2) is 13.2 Å². The number of aryl methyl sites for hydroxylation is 2. The molecule has 2 fully saturated rings. The molecule has 2 aliphatic heterocycles. The van der Waals surface area contributed by atoms with Crippen molar-refractivity contribution in [2.24, 2.45) is 0 Å². The lowest BCUT2D eigenvalue weighted by atomic mass is 9.79. The Kier molecular flexibility index (Phi) is 5.31. The second-order valence-corrected chi connectivity index (χ2v) is 11.9. The Morgan fingerprint density at radius 2 is 1.97 bits per heavy atom. The normalized spacial score (nSPS) is 23.6. The topological polar surface area (TPSA) is 103 Å². The first-order chi connectivity index (χ1) is 15.2. The van der Waals surface area contributed by atoms with Gasteiger partial charge in [0, 0.05) is 17.5 Å². The maximum absolute atomic E-state index is 12.7. The molecule has 1 spiro atoms. The molecule has 32 heavy (non-hydrogen) atoms. The van der Waals surface area contributed by atoms with Crippen LogP contribution in [-0.2, 0) is 27.5 Å². The fourth-order valence-electron chi connectivity index (χ4n) is 5.50. The number of fused-ring (bicyclic) bond motifs is 2. The van der Waals surface area contributed by atoms with Gasteiger partial charge < -0.3 is 14.5 Å². The lowest BCUT2D eigenvalue weighted by Gasteiger charge is -2.41. The van der Waals surface area contributed by atoms with Crippen LogP contribution in [0.2, 0.25) is 0 Å². The van der Waals surface area contributed by atoms with Crippen LogP contribution in [0.5, 0.6) is 5.75 Å². The van der Waals surface area contributed by atoms with Crippen LogP contribution in [0.15, 0.2) is 21.3 Å². The predicted molar refractivity (Wildman–Crippen MR) is 121 cm³/mol. The van der Waals surface area contributed by atoms with E-state index in [0.717, 1.165) is 47.9 Å². The van der Waals surface area contributed by atoms with Gasteiger partial charge in [-0.3, -0.25) is 4.79 Å². The zero-order valence-corrected chi connectivity index (χ0v) is 19.2. The van der Waals surface area contributed by atoms with Gasteiger partial charge in [0.1, 0.15) is 16.9 Å². The van der Waals surface area contributed by atoms with Crippen molar-refractivity contribution in [3.05, 3.63) is 39.2 Å². The van der Waals surface area contributed by atoms with Crippen LogP contribution in [0.4, 0.5) is 0 Å². The number of benzene rings is 1. The average molecular weight is 460 g/mol. The Labute approximate surface area is 187 Å². The highest BCUT2D eigenvalue weighted by atomic mass is 32.2. The van der Waals surface area contributed by atoms with E-state index in [0.29, 0.717) is 17.6 Å². The van der Waals surface area contributed by atoms with E-state index >= 15 is 0 Å². The molecule has 1 saturated carbocycles. The van der Waals surface area contributed by atoms with Crippen molar-refractivity contribution in [3.8, 4) is 5.75 Å².